The number of carbonyl (C=O) groups is 1. The molecule has 0 aliphatic carbocycles. The van der Waals surface area contributed by atoms with Crippen LogP contribution in [0, 0.1) is 5.82 Å². The van der Waals surface area contributed by atoms with E-state index in [1.54, 1.807) is 4.90 Å². The van der Waals surface area contributed by atoms with E-state index in [1.807, 2.05) is 0 Å². The molecule has 3 N–H and O–H groups in total. The van der Waals surface area contributed by atoms with Crippen molar-refractivity contribution in [2.75, 3.05) is 13.1 Å². The lowest BCUT2D eigenvalue weighted by Crippen LogP contribution is -2.50. The molecule has 9 heteroatoms. The van der Waals surface area contributed by atoms with Crippen LogP contribution in [-0.2, 0) is 14.8 Å². The first-order chi connectivity index (χ1) is 10.3. The lowest BCUT2D eigenvalue weighted by atomic mass is 10.1. The van der Waals surface area contributed by atoms with Crippen molar-refractivity contribution >= 4 is 28.3 Å². The number of hydrogen-bond donors (Lipinski definition) is 2. The van der Waals surface area contributed by atoms with Crippen LogP contribution in [-0.4, -0.2) is 44.4 Å². The molecule has 0 radical (unpaired) electrons. The van der Waals surface area contributed by atoms with Crippen molar-refractivity contribution in [3.8, 4) is 0 Å². The molecule has 1 unspecified atom stereocenters. The fourth-order valence-corrected chi connectivity index (χ4v) is 3.68. The number of nitrogens with zero attached hydrogens (tertiary/aromatic N) is 1. The first kappa shape index (κ1) is 19.8. The Morgan fingerprint density at radius 2 is 1.91 bits per heavy atom. The number of likely N-dealkylation sites (tertiary alicyclic amines) is 1. The largest absolute Gasteiger partial charge is 0.341 e. The van der Waals surface area contributed by atoms with Gasteiger partial charge < -0.3 is 10.6 Å². The van der Waals surface area contributed by atoms with Crippen LogP contribution in [0.4, 0.5) is 4.39 Å². The van der Waals surface area contributed by atoms with Crippen LogP contribution < -0.4 is 10.5 Å². The van der Waals surface area contributed by atoms with Gasteiger partial charge in [0.15, 0.2) is 0 Å². The average molecular weight is 366 g/mol. The minimum absolute atomic E-state index is 0. The van der Waals surface area contributed by atoms with Crippen molar-refractivity contribution in [2.45, 2.75) is 36.7 Å². The number of hydrogen-bond acceptors (Lipinski definition) is 4. The van der Waals surface area contributed by atoms with Gasteiger partial charge in [0, 0.05) is 19.1 Å². The van der Waals surface area contributed by atoms with Crippen LogP contribution in [0.2, 0.25) is 0 Å². The minimum Gasteiger partial charge on any atom is -0.341 e. The number of sulfonamides is 1. The van der Waals surface area contributed by atoms with Crippen molar-refractivity contribution in [1.29, 1.82) is 0 Å². The van der Waals surface area contributed by atoms with Gasteiger partial charge in [-0.05, 0) is 31.9 Å². The Hall–Kier alpha value is -1.22. The van der Waals surface area contributed by atoms with Gasteiger partial charge in [-0.2, -0.15) is 4.72 Å². The van der Waals surface area contributed by atoms with Crippen LogP contribution in [0.1, 0.15) is 19.8 Å². The molecule has 2 rings (SSSR count). The normalized spacial score (nSPS) is 17.4. The second-order valence-corrected chi connectivity index (χ2v) is 7.12. The predicted octanol–water partition coefficient (Wildman–Crippen LogP) is 0.864. The number of nitrogens with two attached hydrogens (primary N) is 1. The highest BCUT2D eigenvalue weighted by atomic mass is 35.5. The number of halogens is 2. The fourth-order valence-electron chi connectivity index (χ4n) is 2.40. The number of nitrogens with one attached hydrogen (secondary N) is 1. The van der Waals surface area contributed by atoms with Crippen molar-refractivity contribution in [3.63, 3.8) is 0 Å². The van der Waals surface area contributed by atoms with E-state index >= 15 is 0 Å². The van der Waals surface area contributed by atoms with E-state index in [-0.39, 0.29) is 24.4 Å². The van der Waals surface area contributed by atoms with Gasteiger partial charge >= 0.3 is 0 Å². The summed E-state index contributed by atoms with van der Waals surface area (Å²) in [5.74, 6) is -1.18. The molecule has 0 saturated carbocycles. The number of amides is 1. The highest BCUT2D eigenvalue weighted by Gasteiger charge is 2.29. The van der Waals surface area contributed by atoms with Gasteiger partial charge in [-0.1, -0.05) is 12.1 Å². The molecule has 0 spiro atoms. The second-order valence-electron chi connectivity index (χ2n) is 5.44. The Morgan fingerprint density at radius 1 is 1.35 bits per heavy atom. The van der Waals surface area contributed by atoms with Crippen molar-refractivity contribution in [1.82, 2.24) is 9.62 Å². The standard InChI is InChI=1S/C14H20FN3O3S.ClH/c1-10(14(19)18-8-6-11(16)7-9-18)17-22(20,21)13-5-3-2-4-12(13)15;/h2-5,10-11,17H,6-9,16H2,1H3;1H. The Labute approximate surface area is 141 Å². The van der Waals surface area contributed by atoms with Gasteiger partial charge in [0.05, 0.1) is 6.04 Å². The van der Waals surface area contributed by atoms with Crippen LogP contribution in [0.25, 0.3) is 0 Å². The van der Waals surface area contributed by atoms with Gasteiger partial charge in [0.25, 0.3) is 0 Å². The summed E-state index contributed by atoms with van der Waals surface area (Å²) in [5.41, 5.74) is 5.78. The fraction of sp³-hybridized carbons (Fsp3) is 0.500. The maximum atomic E-state index is 13.6. The smallest absolute Gasteiger partial charge is 0.244 e. The molecule has 0 aromatic heterocycles. The molecular formula is C14H21ClFN3O3S. The van der Waals surface area contributed by atoms with E-state index in [0.717, 1.165) is 12.1 Å². The van der Waals surface area contributed by atoms with E-state index in [9.17, 15) is 17.6 Å². The molecular weight excluding hydrogens is 345 g/mol. The molecule has 0 bridgehead atoms. The third-order valence-electron chi connectivity index (χ3n) is 3.68. The quantitative estimate of drug-likeness (QED) is 0.827. The van der Waals surface area contributed by atoms with E-state index in [0.29, 0.717) is 25.9 Å². The number of carbonyl (C=O) groups excluding carboxylic acids is 1. The topological polar surface area (TPSA) is 92.5 Å². The Morgan fingerprint density at radius 3 is 2.48 bits per heavy atom. The minimum atomic E-state index is -4.08. The summed E-state index contributed by atoms with van der Waals surface area (Å²) in [7, 11) is -4.08. The van der Waals surface area contributed by atoms with Gasteiger partial charge in [0.2, 0.25) is 15.9 Å². The van der Waals surface area contributed by atoms with Gasteiger partial charge in [0.1, 0.15) is 10.7 Å². The maximum Gasteiger partial charge on any atom is 0.244 e. The van der Waals surface area contributed by atoms with Gasteiger partial charge in [-0.15, -0.1) is 12.4 Å². The van der Waals surface area contributed by atoms with Crippen molar-refractivity contribution < 1.29 is 17.6 Å². The van der Waals surface area contributed by atoms with Crippen LogP contribution in [0.3, 0.4) is 0 Å². The zero-order valence-electron chi connectivity index (χ0n) is 12.7. The first-order valence-corrected chi connectivity index (χ1v) is 8.61. The van der Waals surface area contributed by atoms with Crippen molar-refractivity contribution in [2.24, 2.45) is 5.73 Å². The second kappa shape index (κ2) is 8.05. The number of benzene rings is 1. The van der Waals surface area contributed by atoms with E-state index in [4.69, 9.17) is 5.73 Å². The zero-order valence-corrected chi connectivity index (χ0v) is 14.4. The molecule has 6 nitrogen and oxygen atoms in total. The molecule has 1 aromatic rings. The molecule has 23 heavy (non-hydrogen) atoms. The summed E-state index contributed by atoms with van der Waals surface area (Å²) >= 11 is 0. The van der Waals surface area contributed by atoms with Crippen LogP contribution in [0.5, 0.6) is 0 Å². The summed E-state index contributed by atoms with van der Waals surface area (Å²) in [4.78, 5) is 13.4. The first-order valence-electron chi connectivity index (χ1n) is 7.12. The van der Waals surface area contributed by atoms with Gasteiger partial charge in [-0.25, -0.2) is 12.8 Å². The highest BCUT2D eigenvalue weighted by molar-refractivity contribution is 7.89. The summed E-state index contributed by atoms with van der Waals surface area (Å²) in [5, 5.41) is 0. The summed E-state index contributed by atoms with van der Waals surface area (Å²) in [6.07, 6.45) is 1.39. The summed E-state index contributed by atoms with van der Waals surface area (Å²) < 4.78 is 40.2. The average Bonchev–Trinajstić information content (AvgIpc) is 2.47. The highest BCUT2D eigenvalue weighted by Crippen LogP contribution is 2.15. The monoisotopic (exact) mass is 365 g/mol. The number of rotatable bonds is 4. The Bertz CT molecular complexity index is 648. The number of piperidine rings is 1. The molecule has 1 amide bonds. The summed E-state index contributed by atoms with van der Waals surface area (Å²) in [6, 6.07) is 4.17. The molecule has 1 aliphatic rings. The molecule has 1 aromatic carbocycles. The Kier molecular flexibility index (Phi) is 6.94. The third-order valence-corrected chi connectivity index (χ3v) is 5.25. The van der Waals surface area contributed by atoms with E-state index in [2.05, 4.69) is 4.72 Å². The van der Waals surface area contributed by atoms with Crippen LogP contribution >= 0.6 is 12.4 Å². The third kappa shape index (κ3) is 4.87. The maximum absolute atomic E-state index is 13.6. The van der Waals surface area contributed by atoms with E-state index < -0.39 is 26.8 Å². The molecule has 130 valence electrons. The van der Waals surface area contributed by atoms with Crippen LogP contribution in [0.15, 0.2) is 29.2 Å². The van der Waals surface area contributed by atoms with Gasteiger partial charge in [-0.3, -0.25) is 4.79 Å². The van der Waals surface area contributed by atoms with Crippen molar-refractivity contribution in [3.05, 3.63) is 30.1 Å². The molecule has 1 aliphatic heterocycles. The molecule has 1 atom stereocenters. The molecule has 1 fully saturated rings. The SMILES string of the molecule is CC(NS(=O)(=O)c1ccccc1F)C(=O)N1CCC(N)CC1.Cl. The lowest BCUT2D eigenvalue weighted by molar-refractivity contribution is -0.133. The molecule has 1 saturated heterocycles. The Balaban J connectivity index is 0.00000264. The summed E-state index contributed by atoms with van der Waals surface area (Å²) in [6.45, 7) is 2.47. The zero-order chi connectivity index (χ0) is 16.3. The van der Waals surface area contributed by atoms with E-state index in [1.165, 1.54) is 19.1 Å². The molecule has 1 heterocycles. The lowest BCUT2D eigenvalue weighted by Gasteiger charge is -2.32. The predicted molar refractivity (Wildman–Crippen MR) is 87.2 cm³/mol.